The lowest BCUT2D eigenvalue weighted by atomic mass is 9.91. The molecule has 8 nitrogen and oxygen atoms in total. The summed E-state index contributed by atoms with van der Waals surface area (Å²) in [6.45, 7) is 2.25. The van der Waals surface area contributed by atoms with Crippen molar-refractivity contribution in [3.05, 3.63) is 46.7 Å². The molecule has 1 atom stereocenters. The maximum absolute atomic E-state index is 12.6. The van der Waals surface area contributed by atoms with Crippen LogP contribution in [0.4, 0.5) is 4.79 Å². The van der Waals surface area contributed by atoms with Crippen molar-refractivity contribution in [3.63, 3.8) is 0 Å². The molecule has 1 N–H and O–H groups in total. The van der Waals surface area contributed by atoms with Gasteiger partial charge in [0.25, 0.3) is 0 Å². The second-order valence-electron chi connectivity index (χ2n) is 5.60. The average molecular weight is 362 g/mol. The Morgan fingerprint density at radius 3 is 2.38 bits per heavy atom. The van der Waals surface area contributed by atoms with Crippen LogP contribution in [0.5, 0.6) is 0 Å². The topological polar surface area (TPSA) is 94.2 Å². The van der Waals surface area contributed by atoms with Crippen LogP contribution < -0.4 is 5.32 Å². The maximum atomic E-state index is 12.6. The highest BCUT2D eigenvalue weighted by molar-refractivity contribution is 5.97. The number of allylic oxidation sites excluding steroid dienone is 1. The highest BCUT2D eigenvalue weighted by atomic mass is 16.5. The highest BCUT2D eigenvalue weighted by Gasteiger charge is 2.37. The third-order valence-corrected chi connectivity index (χ3v) is 4.20. The fourth-order valence-electron chi connectivity index (χ4n) is 2.89. The maximum Gasteiger partial charge on any atom is 0.338 e. The largest absolute Gasteiger partial charge is 0.466 e. The molecular weight excluding hydrogens is 340 g/mol. The van der Waals surface area contributed by atoms with Crippen molar-refractivity contribution in [2.75, 3.05) is 34.5 Å². The molecule has 0 bridgehead atoms. The summed E-state index contributed by atoms with van der Waals surface area (Å²) in [5.41, 5.74) is 1.42. The molecule has 0 fully saturated rings. The smallest absolute Gasteiger partial charge is 0.338 e. The molecule has 1 aromatic rings. The number of nitrogens with one attached hydrogen (secondary N) is 1. The molecule has 1 aromatic carbocycles. The molecule has 1 unspecified atom stereocenters. The van der Waals surface area contributed by atoms with E-state index in [2.05, 4.69) is 5.32 Å². The summed E-state index contributed by atoms with van der Waals surface area (Å²) in [5.74, 6) is -1.15. The van der Waals surface area contributed by atoms with Crippen molar-refractivity contribution in [2.45, 2.75) is 13.0 Å². The van der Waals surface area contributed by atoms with Gasteiger partial charge >= 0.3 is 18.0 Å². The van der Waals surface area contributed by atoms with E-state index in [1.165, 1.54) is 26.2 Å². The number of amides is 2. The Kier molecular flexibility index (Phi) is 6.35. The fourth-order valence-corrected chi connectivity index (χ4v) is 2.89. The first-order valence-electron chi connectivity index (χ1n) is 7.99. The van der Waals surface area contributed by atoms with E-state index in [9.17, 15) is 14.4 Å². The minimum Gasteiger partial charge on any atom is -0.466 e. The minimum absolute atomic E-state index is 0.250. The van der Waals surface area contributed by atoms with E-state index in [-0.39, 0.29) is 17.7 Å². The summed E-state index contributed by atoms with van der Waals surface area (Å²) < 4.78 is 14.7. The number of urea groups is 1. The number of carbonyl (C=O) groups is 3. The average Bonchev–Trinajstić information content (AvgIpc) is 2.66. The van der Waals surface area contributed by atoms with Gasteiger partial charge in [-0.05, 0) is 18.6 Å². The number of hydrogen-bond acceptors (Lipinski definition) is 6. The van der Waals surface area contributed by atoms with E-state index in [1.54, 1.807) is 31.2 Å². The predicted molar refractivity (Wildman–Crippen MR) is 92.4 cm³/mol. The lowest BCUT2D eigenvalue weighted by molar-refractivity contribution is -0.136. The number of methoxy groups -OCH3 is 3. The van der Waals surface area contributed by atoms with Gasteiger partial charge in [0, 0.05) is 12.8 Å². The Labute approximate surface area is 151 Å². The van der Waals surface area contributed by atoms with Gasteiger partial charge in [-0.1, -0.05) is 18.2 Å². The molecule has 1 aliphatic heterocycles. The molecule has 0 aliphatic carbocycles. The van der Waals surface area contributed by atoms with E-state index in [0.29, 0.717) is 17.9 Å². The van der Waals surface area contributed by atoms with Gasteiger partial charge in [0.05, 0.1) is 44.5 Å². The quantitative estimate of drug-likeness (QED) is 0.773. The van der Waals surface area contributed by atoms with Crippen LogP contribution in [0.3, 0.4) is 0 Å². The molecule has 0 saturated carbocycles. The van der Waals surface area contributed by atoms with Gasteiger partial charge in [-0.25, -0.2) is 14.4 Å². The number of hydrogen-bond donors (Lipinski definition) is 1. The van der Waals surface area contributed by atoms with E-state index in [1.807, 2.05) is 0 Å². The van der Waals surface area contributed by atoms with Crippen LogP contribution in [0.25, 0.3) is 0 Å². The number of nitrogens with zero attached hydrogens (tertiary/aromatic N) is 1. The van der Waals surface area contributed by atoms with Crippen LogP contribution in [-0.2, 0) is 19.0 Å². The van der Waals surface area contributed by atoms with Gasteiger partial charge in [-0.2, -0.15) is 0 Å². The Balaban J connectivity index is 2.58. The summed E-state index contributed by atoms with van der Waals surface area (Å²) in [6, 6.07) is 5.42. The number of benzene rings is 1. The third-order valence-electron chi connectivity index (χ3n) is 4.20. The lowest BCUT2D eigenvalue weighted by Crippen LogP contribution is -2.49. The SMILES string of the molecule is COCCN1C(=O)NC(c2ccccc2C(=O)OC)C(C(=O)OC)=C1C. The molecule has 0 aromatic heterocycles. The zero-order valence-electron chi connectivity index (χ0n) is 15.2. The first-order valence-corrected chi connectivity index (χ1v) is 7.99. The zero-order valence-corrected chi connectivity index (χ0v) is 15.2. The van der Waals surface area contributed by atoms with E-state index in [0.717, 1.165) is 0 Å². The molecule has 1 aliphatic rings. The van der Waals surface area contributed by atoms with E-state index in [4.69, 9.17) is 14.2 Å². The van der Waals surface area contributed by atoms with Crippen LogP contribution in [0.2, 0.25) is 0 Å². The first-order chi connectivity index (χ1) is 12.5. The summed E-state index contributed by atoms with van der Waals surface area (Å²) in [7, 11) is 4.06. The van der Waals surface area contributed by atoms with Crippen LogP contribution in [0.15, 0.2) is 35.5 Å². The molecule has 0 spiro atoms. The zero-order chi connectivity index (χ0) is 19.3. The Bertz CT molecular complexity index is 743. The molecule has 26 heavy (non-hydrogen) atoms. The van der Waals surface area contributed by atoms with Gasteiger partial charge in [0.15, 0.2) is 0 Å². The molecule has 140 valence electrons. The summed E-state index contributed by atoms with van der Waals surface area (Å²) in [5, 5.41) is 2.77. The van der Waals surface area contributed by atoms with Crippen molar-refractivity contribution in [1.82, 2.24) is 10.2 Å². The monoisotopic (exact) mass is 362 g/mol. The Hall–Kier alpha value is -2.87. The fraction of sp³-hybridized carbons (Fsp3) is 0.389. The molecule has 1 heterocycles. The van der Waals surface area contributed by atoms with Crippen molar-refractivity contribution in [3.8, 4) is 0 Å². The van der Waals surface area contributed by atoms with E-state index < -0.39 is 24.0 Å². The number of esters is 2. The van der Waals surface area contributed by atoms with Gasteiger partial charge in [-0.3, -0.25) is 4.90 Å². The van der Waals surface area contributed by atoms with Gasteiger partial charge in [-0.15, -0.1) is 0 Å². The Morgan fingerprint density at radius 2 is 1.77 bits per heavy atom. The lowest BCUT2D eigenvalue weighted by Gasteiger charge is -2.35. The van der Waals surface area contributed by atoms with Crippen LogP contribution >= 0.6 is 0 Å². The Morgan fingerprint density at radius 1 is 1.12 bits per heavy atom. The van der Waals surface area contributed by atoms with Crippen molar-refractivity contribution in [2.24, 2.45) is 0 Å². The van der Waals surface area contributed by atoms with Crippen molar-refractivity contribution < 1.29 is 28.6 Å². The summed E-state index contributed by atoms with van der Waals surface area (Å²) in [4.78, 5) is 38.5. The van der Waals surface area contributed by atoms with Gasteiger partial charge in [0.2, 0.25) is 0 Å². The van der Waals surface area contributed by atoms with Crippen LogP contribution in [0.1, 0.15) is 28.9 Å². The van der Waals surface area contributed by atoms with E-state index >= 15 is 0 Å². The summed E-state index contributed by atoms with van der Waals surface area (Å²) >= 11 is 0. The number of rotatable bonds is 6. The highest BCUT2D eigenvalue weighted by Crippen LogP contribution is 2.33. The molecular formula is C18H22N2O6. The predicted octanol–water partition coefficient (Wildman–Crippen LogP) is 1.63. The minimum atomic E-state index is -0.830. The molecule has 2 amide bonds. The van der Waals surface area contributed by atoms with Crippen LogP contribution in [0, 0.1) is 0 Å². The second-order valence-corrected chi connectivity index (χ2v) is 5.60. The summed E-state index contributed by atoms with van der Waals surface area (Å²) in [6.07, 6.45) is 0. The van der Waals surface area contributed by atoms with Crippen LogP contribution in [-0.4, -0.2) is 57.4 Å². The number of ether oxygens (including phenoxy) is 3. The second kappa shape index (κ2) is 8.48. The normalized spacial score (nSPS) is 17.0. The number of carbonyl (C=O) groups excluding carboxylic acids is 3. The molecule has 2 rings (SSSR count). The van der Waals surface area contributed by atoms with Gasteiger partial charge < -0.3 is 19.5 Å². The van der Waals surface area contributed by atoms with Crippen molar-refractivity contribution in [1.29, 1.82) is 0 Å². The third kappa shape index (κ3) is 3.70. The standard InChI is InChI=1S/C18H22N2O6/c1-11-14(17(22)26-4)15(19-18(23)20(11)9-10-24-2)12-7-5-6-8-13(12)16(21)25-3/h5-8,15H,9-10H2,1-4H3,(H,19,23). The molecule has 0 radical (unpaired) electrons. The van der Waals surface area contributed by atoms with Gasteiger partial charge in [0.1, 0.15) is 0 Å². The molecule has 0 saturated heterocycles. The first kappa shape index (κ1) is 19.5. The molecule has 8 heteroatoms. The van der Waals surface area contributed by atoms with Crippen molar-refractivity contribution >= 4 is 18.0 Å².